The van der Waals surface area contributed by atoms with Gasteiger partial charge in [-0.2, -0.15) is 0 Å². The van der Waals surface area contributed by atoms with Crippen molar-refractivity contribution >= 4 is 28.4 Å². The van der Waals surface area contributed by atoms with Gasteiger partial charge in [-0.15, -0.1) is 0 Å². The highest BCUT2D eigenvalue weighted by atomic mass is 35.5. The van der Waals surface area contributed by atoms with E-state index in [1.165, 1.54) is 0 Å². The van der Waals surface area contributed by atoms with Gasteiger partial charge in [-0.3, -0.25) is 4.79 Å². The van der Waals surface area contributed by atoms with E-state index in [1.807, 2.05) is 0 Å². The van der Waals surface area contributed by atoms with Crippen LogP contribution in [0.5, 0.6) is 0 Å². The lowest BCUT2D eigenvalue weighted by atomic mass is 9.92. The molecule has 1 heterocycles. The molecule has 112 valence electrons. The average molecular weight is 313 g/mol. The van der Waals surface area contributed by atoms with Crippen LogP contribution < -0.4 is 5.32 Å². The van der Waals surface area contributed by atoms with Crippen molar-refractivity contribution in [3.05, 3.63) is 35.0 Å². The van der Waals surface area contributed by atoms with Gasteiger partial charge in [0.15, 0.2) is 0 Å². The Morgan fingerprint density at radius 1 is 1.29 bits per heavy atom. The SMILES string of the molecule is O=C(NC1CCC(F)(F)CC1)c1cc2cc(Cl)ccc2[nH]1. The second kappa shape index (κ2) is 5.30. The van der Waals surface area contributed by atoms with Crippen LogP contribution in [-0.2, 0) is 0 Å². The van der Waals surface area contributed by atoms with Crippen molar-refractivity contribution in [1.29, 1.82) is 0 Å². The van der Waals surface area contributed by atoms with Crippen molar-refractivity contribution in [2.24, 2.45) is 0 Å². The molecular formula is C15H15ClF2N2O. The molecule has 21 heavy (non-hydrogen) atoms. The Labute approximate surface area is 125 Å². The number of carbonyl (C=O) groups is 1. The van der Waals surface area contributed by atoms with Crippen LogP contribution in [0.25, 0.3) is 10.9 Å². The maximum Gasteiger partial charge on any atom is 0.267 e. The molecule has 1 saturated carbocycles. The average Bonchev–Trinajstić information content (AvgIpc) is 2.84. The molecule has 0 unspecified atom stereocenters. The van der Waals surface area contributed by atoms with E-state index in [4.69, 9.17) is 11.6 Å². The number of aromatic nitrogens is 1. The number of aromatic amines is 1. The highest BCUT2D eigenvalue weighted by Gasteiger charge is 2.35. The quantitative estimate of drug-likeness (QED) is 0.860. The van der Waals surface area contributed by atoms with E-state index in [2.05, 4.69) is 10.3 Å². The summed E-state index contributed by atoms with van der Waals surface area (Å²) in [6, 6.07) is 6.84. The third-order valence-electron chi connectivity index (χ3n) is 3.88. The minimum Gasteiger partial charge on any atom is -0.351 e. The molecule has 1 aliphatic rings. The molecule has 1 aliphatic carbocycles. The van der Waals surface area contributed by atoms with Crippen LogP contribution >= 0.6 is 11.6 Å². The molecule has 1 aromatic carbocycles. The second-order valence-corrected chi connectivity index (χ2v) is 5.95. The first-order chi connectivity index (χ1) is 9.93. The highest BCUT2D eigenvalue weighted by Crippen LogP contribution is 2.33. The zero-order valence-electron chi connectivity index (χ0n) is 11.3. The van der Waals surface area contributed by atoms with Crippen LogP contribution in [0.3, 0.4) is 0 Å². The molecule has 0 spiro atoms. The minimum absolute atomic E-state index is 0.166. The fourth-order valence-corrected chi connectivity index (χ4v) is 2.85. The Morgan fingerprint density at radius 2 is 2.00 bits per heavy atom. The molecule has 2 N–H and O–H groups in total. The lowest BCUT2D eigenvalue weighted by molar-refractivity contribution is -0.0399. The zero-order chi connectivity index (χ0) is 15.0. The molecule has 0 atom stereocenters. The van der Waals surface area contributed by atoms with E-state index in [9.17, 15) is 13.6 Å². The van der Waals surface area contributed by atoms with Gasteiger partial charge in [-0.05, 0) is 37.1 Å². The molecule has 0 bridgehead atoms. The number of hydrogen-bond acceptors (Lipinski definition) is 1. The van der Waals surface area contributed by atoms with Gasteiger partial charge in [0, 0.05) is 34.8 Å². The van der Waals surface area contributed by atoms with Crippen molar-refractivity contribution in [1.82, 2.24) is 10.3 Å². The van der Waals surface area contributed by atoms with Gasteiger partial charge in [0.2, 0.25) is 5.92 Å². The van der Waals surface area contributed by atoms with Crippen molar-refractivity contribution in [3.8, 4) is 0 Å². The maximum atomic E-state index is 13.1. The summed E-state index contributed by atoms with van der Waals surface area (Å²) in [5.74, 6) is -2.85. The minimum atomic E-state index is -2.58. The van der Waals surface area contributed by atoms with E-state index in [1.54, 1.807) is 24.3 Å². The van der Waals surface area contributed by atoms with Crippen LogP contribution in [0.2, 0.25) is 5.02 Å². The first kappa shape index (κ1) is 14.3. The monoisotopic (exact) mass is 312 g/mol. The van der Waals surface area contributed by atoms with Gasteiger partial charge < -0.3 is 10.3 Å². The van der Waals surface area contributed by atoms with Gasteiger partial charge in [-0.1, -0.05) is 11.6 Å². The smallest absolute Gasteiger partial charge is 0.267 e. The number of nitrogens with one attached hydrogen (secondary N) is 2. The second-order valence-electron chi connectivity index (χ2n) is 5.52. The Hall–Kier alpha value is -1.62. The number of rotatable bonds is 2. The molecule has 3 rings (SSSR count). The van der Waals surface area contributed by atoms with Gasteiger partial charge >= 0.3 is 0 Å². The summed E-state index contributed by atoms with van der Waals surface area (Å²) in [7, 11) is 0. The topological polar surface area (TPSA) is 44.9 Å². The first-order valence-corrected chi connectivity index (χ1v) is 7.28. The Morgan fingerprint density at radius 3 is 2.71 bits per heavy atom. The predicted molar refractivity (Wildman–Crippen MR) is 78.0 cm³/mol. The normalized spacial score (nSPS) is 18.8. The number of alkyl halides is 2. The summed E-state index contributed by atoms with van der Waals surface area (Å²) in [4.78, 5) is 15.2. The molecule has 1 aromatic heterocycles. The lowest BCUT2D eigenvalue weighted by Crippen LogP contribution is -2.40. The molecule has 0 radical (unpaired) electrons. The predicted octanol–water partition coefficient (Wildman–Crippen LogP) is 4.13. The number of hydrogen-bond donors (Lipinski definition) is 2. The molecule has 0 aliphatic heterocycles. The fraction of sp³-hybridized carbons (Fsp3) is 0.400. The van der Waals surface area contributed by atoms with Crippen molar-refractivity contribution in [2.75, 3.05) is 0 Å². The highest BCUT2D eigenvalue weighted by molar-refractivity contribution is 6.31. The maximum absolute atomic E-state index is 13.1. The molecule has 3 nitrogen and oxygen atoms in total. The summed E-state index contributed by atoms with van der Waals surface area (Å²) < 4.78 is 26.2. The van der Waals surface area contributed by atoms with Crippen LogP contribution in [-0.4, -0.2) is 22.9 Å². The molecule has 6 heteroatoms. The molecule has 1 fully saturated rings. The molecule has 0 saturated heterocycles. The summed E-state index contributed by atoms with van der Waals surface area (Å²) in [6.45, 7) is 0. The molecular weight excluding hydrogens is 298 g/mol. The lowest BCUT2D eigenvalue weighted by Gasteiger charge is -2.28. The standard InChI is InChI=1S/C15H15ClF2N2O/c16-10-1-2-12-9(7-10)8-13(20-12)14(21)19-11-3-5-15(17,18)6-4-11/h1-2,7-8,11,20H,3-6H2,(H,19,21). The number of benzene rings is 1. The van der Waals surface area contributed by atoms with Crippen LogP contribution in [0.15, 0.2) is 24.3 Å². The van der Waals surface area contributed by atoms with Crippen molar-refractivity contribution in [2.45, 2.75) is 37.6 Å². The van der Waals surface area contributed by atoms with E-state index < -0.39 is 5.92 Å². The number of halogens is 3. The van der Waals surface area contributed by atoms with Crippen molar-refractivity contribution in [3.63, 3.8) is 0 Å². The van der Waals surface area contributed by atoms with Crippen LogP contribution in [0.1, 0.15) is 36.2 Å². The van der Waals surface area contributed by atoms with Gasteiger partial charge in [-0.25, -0.2) is 8.78 Å². The largest absolute Gasteiger partial charge is 0.351 e. The Bertz CT molecular complexity index is 673. The fourth-order valence-electron chi connectivity index (χ4n) is 2.67. The van der Waals surface area contributed by atoms with Gasteiger partial charge in [0.05, 0.1) is 0 Å². The summed E-state index contributed by atoms with van der Waals surface area (Å²) in [5.41, 5.74) is 1.24. The van der Waals surface area contributed by atoms with E-state index >= 15 is 0 Å². The van der Waals surface area contributed by atoms with E-state index in [0.29, 0.717) is 23.6 Å². The third-order valence-corrected chi connectivity index (χ3v) is 4.11. The van der Waals surface area contributed by atoms with Gasteiger partial charge in [0.25, 0.3) is 5.91 Å². The van der Waals surface area contributed by atoms with E-state index in [-0.39, 0.29) is 24.8 Å². The first-order valence-electron chi connectivity index (χ1n) is 6.90. The molecule has 2 aromatic rings. The van der Waals surface area contributed by atoms with Crippen molar-refractivity contribution < 1.29 is 13.6 Å². The zero-order valence-corrected chi connectivity index (χ0v) is 12.0. The van der Waals surface area contributed by atoms with E-state index in [0.717, 1.165) is 10.9 Å². The third kappa shape index (κ3) is 3.18. The Balaban J connectivity index is 1.69. The Kier molecular flexibility index (Phi) is 3.61. The van der Waals surface area contributed by atoms with Gasteiger partial charge in [0.1, 0.15) is 5.69 Å². The summed E-state index contributed by atoms with van der Waals surface area (Å²) in [5, 5.41) is 4.26. The molecule has 1 amide bonds. The van der Waals surface area contributed by atoms with Crippen LogP contribution in [0, 0.1) is 0 Å². The summed E-state index contributed by atoms with van der Waals surface area (Å²) in [6.07, 6.45) is 0.288. The number of amides is 1. The van der Waals surface area contributed by atoms with Crippen LogP contribution in [0.4, 0.5) is 8.78 Å². The summed E-state index contributed by atoms with van der Waals surface area (Å²) >= 11 is 5.90. The number of carbonyl (C=O) groups excluding carboxylic acids is 1. The number of H-pyrrole nitrogens is 1. The number of fused-ring (bicyclic) bond motifs is 1.